The maximum atomic E-state index is 14.0. The summed E-state index contributed by atoms with van der Waals surface area (Å²) < 4.78 is 27.6. The van der Waals surface area contributed by atoms with E-state index in [-0.39, 0.29) is 23.1 Å². The van der Waals surface area contributed by atoms with E-state index in [1.54, 1.807) is 47.4 Å². The van der Waals surface area contributed by atoms with Gasteiger partial charge in [0.25, 0.3) is 5.91 Å². The number of nitrogens with two attached hydrogens (primary N) is 2. The minimum atomic E-state index is -1.05. The third-order valence-electron chi connectivity index (χ3n) is 5.29. The Morgan fingerprint density at radius 1 is 0.906 bits per heavy atom. The van der Waals surface area contributed by atoms with Gasteiger partial charge in [-0.15, -0.1) is 0 Å². The van der Waals surface area contributed by atoms with E-state index in [1.807, 2.05) is 0 Å². The summed E-state index contributed by atoms with van der Waals surface area (Å²) in [4.78, 5) is 26.7. The number of para-hydroxylation sites is 2. The van der Waals surface area contributed by atoms with Crippen LogP contribution in [0.4, 0.5) is 20.2 Å². The largest absolute Gasteiger partial charge is 0.397 e. The molecule has 1 saturated carbocycles. The fourth-order valence-electron chi connectivity index (χ4n) is 3.48. The molecule has 0 heterocycles. The predicted molar refractivity (Wildman–Crippen MR) is 121 cm³/mol. The number of carbonyl (C=O) groups excluding carboxylic acids is 2. The molecule has 0 spiro atoms. The van der Waals surface area contributed by atoms with Gasteiger partial charge in [-0.25, -0.2) is 8.78 Å². The molecule has 3 aromatic rings. The number of primary amides is 1. The van der Waals surface area contributed by atoms with Crippen LogP contribution in [0.5, 0.6) is 0 Å². The van der Waals surface area contributed by atoms with Crippen molar-refractivity contribution in [2.45, 2.75) is 18.9 Å². The Morgan fingerprint density at radius 3 is 2.16 bits per heavy atom. The maximum Gasteiger partial charge on any atom is 0.259 e. The Balaban J connectivity index is 1.82. The van der Waals surface area contributed by atoms with Crippen molar-refractivity contribution in [3.63, 3.8) is 0 Å². The monoisotopic (exact) mass is 433 g/mol. The molecule has 2 amide bonds. The summed E-state index contributed by atoms with van der Waals surface area (Å²) in [7, 11) is 0. The third-order valence-corrected chi connectivity index (χ3v) is 5.29. The fourth-order valence-corrected chi connectivity index (χ4v) is 3.48. The number of halogens is 2. The van der Waals surface area contributed by atoms with Crippen molar-refractivity contribution in [3.8, 4) is 0 Å². The normalized spacial score (nSPS) is 13.6. The standard InChI is InChI=1S/C25H21F2N3O2/c26-20-12-9-17(14-21(20)27)19(13-15-5-7-16(8-6-15)24(29)31)25(32)30(18-10-11-18)23-4-2-1-3-22(23)28/h1-9,12-14,18H,10-11,28H2,(H2,29,31)/b19-13+. The molecular weight excluding hydrogens is 412 g/mol. The van der Waals surface area contributed by atoms with Crippen molar-refractivity contribution in [1.82, 2.24) is 0 Å². The van der Waals surface area contributed by atoms with Gasteiger partial charge in [-0.05, 0) is 66.4 Å². The Labute approximate surface area is 183 Å². The van der Waals surface area contributed by atoms with Gasteiger partial charge in [0, 0.05) is 17.2 Å². The first-order chi connectivity index (χ1) is 15.3. The van der Waals surface area contributed by atoms with Crippen LogP contribution in [0.25, 0.3) is 11.6 Å². The Hall–Kier alpha value is -4.00. The highest BCUT2D eigenvalue weighted by atomic mass is 19.2. The summed E-state index contributed by atoms with van der Waals surface area (Å²) in [6.07, 6.45) is 3.21. The first-order valence-corrected chi connectivity index (χ1v) is 10.1. The highest BCUT2D eigenvalue weighted by molar-refractivity contribution is 6.30. The number of nitrogen functional groups attached to an aromatic ring is 1. The molecule has 0 aliphatic heterocycles. The van der Waals surface area contributed by atoms with Crippen molar-refractivity contribution in [3.05, 3.63) is 95.1 Å². The zero-order valence-corrected chi connectivity index (χ0v) is 17.1. The average Bonchev–Trinajstić information content (AvgIpc) is 3.61. The first kappa shape index (κ1) is 21.2. The van der Waals surface area contributed by atoms with Gasteiger partial charge in [-0.2, -0.15) is 0 Å². The van der Waals surface area contributed by atoms with Crippen LogP contribution in [0.15, 0.2) is 66.7 Å². The number of hydrogen-bond acceptors (Lipinski definition) is 3. The Morgan fingerprint density at radius 2 is 1.56 bits per heavy atom. The SMILES string of the molecule is NC(=O)c1ccc(/C=C(/C(=O)N(c2ccccc2N)C2CC2)c2ccc(F)c(F)c2)cc1. The molecule has 1 aliphatic carbocycles. The Bertz CT molecular complexity index is 1220. The van der Waals surface area contributed by atoms with Gasteiger partial charge in [-0.3, -0.25) is 9.59 Å². The summed E-state index contributed by atoms with van der Waals surface area (Å²) in [5.41, 5.74) is 13.8. The van der Waals surface area contributed by atoms with Crippen molar-refractivity contribution in [2.75, 3.05) is 10.6 Å². The molecule has 4 rings (SSSR count). The van der Waals surface area contributed by atoms with Crippen LogP contribution in [-0.4, -0.2) is 17.9 Å². The zero-order valence-electron chi connectivity index (χ0n) is 17.1. The molecule has 5 nitrogen and oxygen atoms in total. The van der Waals surface area contributed by atoms with Crippen LogP contribution in [0.1, 0.15) is 34.3 Å². The second-order valence-electron chi connectivity index (χ2n) is 7.64. The van der Waals surface area contributed by atoms with E-state index in [1.165, 1.54) is 18.2 Å². The molecule has 4 N–H and O–H groups in total. The van der Waals surface area contributed by atoms with E-state index in [4.69, 9.17) is 11.5 Å². The number of rotatable bonds is 6. The summed E-state index contributed by atoms with van der Waals surface area (Å²) in [6.45, 7) is 0. The molecule has 0 aromatic heterocycles. The average molecular weight is 433 g/mol. The molecule has 1 fully saturated rings. The summed E-state index contributed by atoms with van der Waals surface area (Å²) in [5.74, 6) is -3.01. The molecular formula is C25H21F2N3O2. The van der Waals surface area contributed by atoms with Crippen LogP contribution in [0, 0.1) is 11.6 Å². The predicted octanol–water partition coefficient (Wildman–Crippen LogP) is 4.38. The van der Waals surface area contributed by atoms with Gasteiger partial charge in [0.1, 0.15) is 0 Å². The van der Waals surface area contributed by atoms with E-state index in [9.17, 15) is 18.4 Å². The zero-order chi connectivity index (χ0) is 22.8. The minimum Gasteiger partial charge on any atom is -0.397 e. The van der Waals surface area contributed by atoms with Gasteiger partial charge in [0.2, 0.25) is 5.91 Å². The molecule has 32 heavy (non-hydrogen) atoms. The third kappa shape index (κ3) is 4.37. The number of anilines is 2. The summed E-state index contributed by atoms with van der Waals surface area (Å²) in [6, 6.07) is 16.7. The van der Waals surface area contributed by atoms with Crippen LogP contribution in [0.2, 0.25) is 0 Å². The molecule has 162 valence electrons. The molecule has 0 bridgehead atoms. The second kappa shape index (κ2) is 8.63. The summed E-state index contributed by atoms with van der Waals surface area (Å²) >= 11 is 0. The number of benzene rings is 3. The topological polar surface area (TPSA) is 89.4 Å². The van der Waals surface area contributed by atoms with Crippen LogP contribution in [-0.2, 0) is 4.79 Å². The van der Waals surface area contributed by atoms with Crippen LogP contribution < -0.4 is 16.4 Å². The van der Waals surface area contributed by atoms with E-state index in [0.717, 1.165) is 25.0 Å². The number of hydrogen-bond donors (Lipinski definition) is 2. The van der Waals surface area contributed by atoms with Crippen molar-refractivity contribution in [1.29, 1.82) is 0 Å². The number of carbonyl (C=O) groups is 2. The number of amides is 2. The van der Waals surface area contributed by atoms with E-state index < -0.39 is 17.5 Å². The maximum absolute atomic E-state index is 14.0. The lowest BCUT2D eigenvalue weighted by Crippen LogP contribution is -2.34. The van der Waals surface area contributed by atoms with Gasteiger partial charge in [0.15, 0.2) is 11.6 Å². The van der Waals surface area contributed by atoms with Crippen molar-refractivity contribution in [2.24, 2.45) is 5.73 Å². The van der Waals surface area contributed by atoms with Crippen molar-refractivity contribution < 1.29 is 18.4 Å². The molecule has 0 saturated heterocycles. The molecule has 1 aliphatic rings. The van der Waals surface area contributed by atoms with Crippen LogP contribution >= 0.6 is 0 Å². The van der Waals surface area contributed by atoms with Gasteiger partial charge in [-0.1, -0.05) is 30.3 Å². The summed E-state index contributed by atoms with van der Waals surface area (Å²) in [5, 5.41) is 0. The second-order valence-corrected chi connectivity index (χ2v) is 7.64. The molecule has 7 heteroatoms. The molecule has 3 aromatic carbocycles. The van der Waals surface area contributed by atoms with E-state index in [2.05, 4.69) is 0 Å². The van der Waals surface area contributed by atoms with Gasteiger partial charge in [0.05, 0.1) is 11.4 Å². The highest BCUT2D eigenvalue weighted by Gasteiger charge is 2.36. The smallest absolute Gasteiger partial charge is 0.259 e. The number of nitrogens with zero attached hydrogens (tertiary/aromatic N) is 1. The van der Waals surface area contributed by atoms with Crippen molar-refractivity contribution >= 4 is 34.8 Å². The lowest BCUT2D eigenvalue weighted by atomic mass is 9.99. The van der Waals surface area contributed by atoms with E-state index in [0.29, 0.717) is 22.5 Å². The molecule has 0 atom stereocenters. The highest BCUT2D eigenvalue weighted by Crippen LogP contribution is 2.37. The quantitative estimate of drug-likeness (QED) is 0.343. The van der Waals surface area contributed by atoms with E-state index >= 15 is 0 Å². The Kier molecular flexibility index (Phi) is 5.73. The van der Waals surface area contributed by atoms with Gasteiger partial charge < -0.3 is 16.4 Å². The van der Waals surface area contributed by atoms with Crippen LogP contribution in [0.3, 0.4) is 0 Å². The molecule has 0 unspecified atom stereocenters. The lowest BCUT2D eigenvalue weighted by molar-refractivity contribution is -0.113. The van der Waals surface area contributed by atoms with Gasteiger partial charge >= 0.3 is 0 Å². The molecule has 0 radical (unpaired) electrons. The first-order valence-electron chi connectivity index (χ1n) is 10.1. The lowest BCUT2D eigenvalue weighted by Gasteiger charge is -2.25. The fraction of sp³-hybridized carbons (Fsp3) is 0.120. The minimum absolute atomic E-state index is 0.0295.